The normalized spacial score (nSPS) is 13.8. The molecule has 18 heavy (non-hydrogen) atoms. The second kappa shape index (κ2) is 6.35. The Hall–Kier alpha value is -1.62. The number of methoxy groups -OCH3 is 1. The molecule has 0 saturated heterocycles. The minimum absolute atomic E-state index is 0.0716. The van der Waals surface area contributed by atoms with Crippen LogP contribution in [0.3, 0.4) is 0 Å². The average molecular weight is 255 g/mol. The third-order valence-corrected chi connectivity index (χ3v) is 2.33. The van der Waals surface area contributed by atoms with Crippen LogP contribution in [0.25, 0.3) is 0 Å². The van der Waals surface area contributed by atoms with Gasteiger partial charge < -0.3 is 15.2 Å². The number of benzene rings is 1. The van der Waals surface area contributed by atoms with Crippen molar-refractivity contribution in [2.24, 2.45) is 5.73 Å². The highest BCUT2D eigenvalue weighted by Crippen LogP contribution is 2.19. The van der Waals surface area contributed by atoms with E-state index in [4.69, 9.17) is 10.5 Å². The molecule has 1 aromatic rings. The molecule has 0 aromatic heterocycles. The largest absolute Gasteiger partial charge is 0.479 e. The molecule has 0 radical (unpaired) electrons. The summed E-state index contributed by atoms with van der Waals surface area (Å²) in [6.45, 7) is 3.38. The Morgan fingerprint density at radius 3 is 2.61 bits per heavy atom. The van der Waals surface area contributed by atoms with Gasteiger partial charge in [0, 0.05) is 12.1 Å². The van der Waals surface area contributed by atoms with Crippen LogP contribution in [0.4, 0.5) is 4.39 Å². The summed E-state index contributed by atoms with van der Waals surface area (Å²) in [6.07, 6.45) is -0.235. The number of halogens is 1. The molecule has 100 valence electrons. The minimum atomic E-state index is -0.778. The highest BCUT2D eigenvalue weighted by atomic mass is 19.1. The Labute approximate surface area is 106 Å². The first kappa shape index (κ1) is 14.4. The molecule has 2 atom stereocenters. The lowest BCUT2D eigenvalue weighted by Gasteiger charge is -2.14. The molecule has 0 spiro atoms. The van der Waals surface area contributed by atoms with Gasteiger partial charge in [0.05, 0.1) is 7.11 Å². The van der Waals surface area contributed by atoms with E-state index >= 15 is 0 Å². The number of ether oxygens (including phenoxy) is 2. The number of hydrogen-bond donors (Lipinski definition) is 1. The van der Waals surface area contributed by atoms with Gasteiger partial charge in [0.2, 0.25) is 0 Å². The summed E-state index contributed by atoms with van der Waals surface area (Å²) in [5, 5.41) is 0. The maximum atomic E-state index is 13.4. The predicted octanol–water partition coefficient (Wildman–Crippen LogP) is 1.66. The number of esters is 1. The molecule has 0 amide bonds. The summed E-state index contributed by atoms with van der Waals surface area (Å²) < 4.78 is 23.2. The summed E-state index contributed by atoms with van der Waals surface area (Å²) >= 11 is 0. The summed E-state index contributed by atoms with van der Waals surface area (Å²) in [5.41, 5.74) is 6.39. The van der Waals surface area contributed by atoms with E-state index in [-0.39, 0.29) is 6.04 Å². The summed E-state index contributed by atoms with van der Waals surface area (Å²) in [7, 11) is 1.27. The van der Waals surface area contributed by atoms with Crippen LogP contribution in [0.5, 0.6) is 5.75 Å². The minimum Gasteiger partial charge on any atom is -0.479 e. The summed E-state index contributed by atoms with van der Waals surface area (Å²) in [6, 6.07) is 4.23. The van der Waals surface area contributed by atoms with Gasteiger partial charge in [0.15, 0.2) is 6.10 Å². The molecule has 0 bridgehead atoms. The zero-order valence-electron chi connectivity index (χ0n) is 10.8. The van der Waals surface area contributed by atoms with Gasteiger partial charge in [0.1, 0.15) is 11.6 Å². The first-order valence-electron chi connectivity index (χ1n) is 5.72. The summed E-state index contributed by atoms with van der Waals surface area (Å²) in [5.74, 6) is -0.628. The Morgan fingerprint density at radius 2 is 2.06 bits per heavy atom. The maximum Gasteiger partial charge on any atom is 0.346 e. The van der Waals surface area contributed by atoms with Gasteiger partial charge in [-0.3, -0.25) is 0 Å². The van der Waals surface area contributed by atoms with Crippen molar-refractivity contribution in [1.82, 2.24) is 0 Å². The van der Waals surface area contributed by atoms with Crippen molar-refractivity contribution < 1.29 is 18.7 Å². The number of hydrogen-bond acceptors (Lipinski definition) is 4. The second-order valence-corrected chi connectivity index (χ2v) is 4.26. The fourth-order valence-electron chi connectivity index (χ4n) is 1.60. The Balaban J connectivity index is 2.82. The van der Waals surface area contributed by atoms with Crippen LogP contribution in [0.15, 0.2) is 18.2 Å². The Morgan fingerprint density at radius 1 is 1.39 bits per heavy atom. The van der Waals surface area contributed by atoms with Gasteiger partial charge in [-0.05, 0) is 38.0 Å². The molecule has 0 heterocycles. The van der Waals surface area contributed by atoms with E-state index < -0.39 is 17.9 Å². The van der Waals surface area contributed by atoms with E-state index in [1.807, 2.05) is 6.92 Å². The topological polar surface area (TPSA) is 61.5 Å². The first-order valence-corrected chi connectivity index (χ1v) is 5.72. The Kier molecular flexibility index (Phi) is 5.09. The molecule has 1 aromatic carbocycles. The van der Waals surface area contributed by atoms with Crippen LogP contribution in [0.1, 0.15) is 19.4 Å². The standard InChI is InChI=1S/C13H18FNO3/c1-8(15)4-10-5-11(14)7-12(6-10)18-9(2)13(16)17-3/h5-9H,4,15H2,1-3H3. The quantitative estimate of drug-likeness (QED) is 0.813. The van der Waals surface area contributed by atoms with E-state index in [0.29, 0.717) is 12.2 Å². The van der Waals surface area contributed by atoms with Crippen molar-refractivity contribution in [1.29, 1.82) is 0 Å². The van der Waals surface area contributed by atoms with Crippen LogP contribution in [0, 0.1) is 5.82 Å². The van der Waals surface area contributed by atoms with Crippen LogP contribution < -0.4 is 10.5 Å². The van der Waals surface area contributed by atoms with Crippen molar-refractivity contribution >= 4 is 5.97 Å². The second-order valence-electron chi connectivity index (χ2n) is 4.26. The average Bonchev–Trinajstić information content (AvgIpc) is 2.25. The summed E-state index contributed by atoms with van der Waals surface area (Å²) in [4.78, 5) is 11.2. The molecule has 0 fully saturated rings. The number of carbonyl (C=O) groups is 1. The molecular formula is C13H18FNO3. The molecule has 5 heteroatoms. The van der Waals surface area contributed by atoms with Gasteiger partial charge in [-0.25, -0.2) is 9.18 Å². The van der Waals surface area contributed by atoms with Crippen LogP contribution >= 0.6 is 0 Å². The lowest BCUT2D eigenvalue weighted by Crippen LogP contribution is -2.25. The zero-order chi connectivity index (χ0) is 13.7. The van der Waals surface area contributed by atoms with Crippen molar-refractivity contribution in [2.45, 2.75) is 32.4 Å². The highest BCUT2D eigenvalue weighted by Gasteiger charge is 2.15. The molecule has 4 nitrogen and oxygen atoms in total. The lowest BCUT2D eigenvalue weighted by atomic mass is 10.1. The van der Waals surface area contributed by atoms with Crippen molar-refractivity contribution in [3.8, 4) is 5.75 Å². The number of nitrogens with two attached hydrogens (primary N) is 1. The van der Waals surface area contributed by atoms with Crippen molar-refractivity contribution in [3.63, 3.8) is 0 Å². The lowest BCUT2D eigenvalue weighted by molar-refractivity contribution is -0.147. The van der Waals surface area contributed by atoms with Crippen LogP contribution in [0.2, 0.25) is 0 Å². The van der Waals surface area contributed by atoms with Crippen molar-refractivity contribution in [2.75, 3.05) is 7.11 Å². The van der Waals surface area contributed by atoms with Gasteiger partial charge in [-0.2, -0.15) is 0 Å². The van der Waals surface area contributed by atoms with E-state index in [9.17, 15) is 9.18 Å². The number of carbonyl (C=O) groups excluding carboxylic acids is 1. The number of rotatable bonds is 5. The van der Waals surface area contributed by atoms with E-state index in [0.717, 1.165) is 5.56 Å². The molecule has 0 aliphatic heterocycles. The molecular weight excluding hydrogens is 237 g/mol. The van der Waals surface area contributed by atoms with Crippen LogP contribution in [-0.2, 0) is 16.0 Å². The smallest absolute Gasteiger partial charge is 0.346 e. The van der Waals surface area contributed by atoms with Gasteiger partial charge in [-0.15, -0.1) is 0 Å². The molecule has 2 N–H and O–H groups in total. The Bertz CT molecular complexity index is 421. The fourth-order valence-corrected chi connectivity index (χ4v) is 1.60. The van der Waals surface area contributed by atoms with Crippen molar-refractivity contribution in [3.05, 3.63) is 29.6 Å². The molecule has 0 aliphatic carbocycles. The fraction of sp³-hybridized carbons (Fsp3) is 0.462. The molecule has 0 aliphatic rings. The van der Waals surface area contributed by atoms with Gasteiger partial charge in [0.25, 0.3) is 0 Å². The van der Waals surface area contributed by atoms with E-state index in [1.165, 1.54) is 19.2 Å². The third-order valence-electron chi connectivity index (χ3n) is 2.33. The van der Waals surface area contributed by atoms with E-state index in [1.54, 1.807) is 13.0 Å². The molecule has 0 saturated carbocycles. The maximum absolute atomic E-state index is 13.4. The van der Waals surface area contributed by atoms with Gasteiger partial charge >= 0.3 is 5.97 Å². The zero-order valence-corrected chi connectivity index (χ0v) is 10.8. The SMILES string of the molecule is COC(=O)C(C)Oc1cc(F)cc(CC(C)N)c1. The first-order chi connectivity index (χ1) is 8.42. The van der Waals surface area contributed by atoms with Gasteiger partial charge in [-0.1, -0.05) is 0 Å². The van der Waals surface area contributed by atoms with Crippen LogP contribution in [-0.4, -0.2) is 25.2 Å². The monoisotopic (exact) mass is 255 g/mol. The molecule has 2 unspecified atom stereocenters. The van der Waals surface area contributed by atoms with E-state index in [2.05, 4.69) is 4.74 Å². The predicted molar refractivity (Wildman–Crippen MR) is 65.9 cm³/mol. The third kappa shape index (κ3) is 4.33. The molecule has 1 rings (SSSR count). The highest BCUT2D eigenvalue weighted by molar-refractivity contribution is 5.74.